The largest absolute Gasteiger partial charge is 0.496 e. The lowest BCUT2D eigenvalue weighted by atomic mass is 10.0. The summed E-state index contributed by atoms with van der Waals surface area (Å²) in [5.41, 5.74) is 13.9. The molecule has 91 heavy (non-hydrogen) atoms. The molecule has 14 nitrogen and oxygen atoms in total. The van der Waals surface area contributed by atoms with Gasteiger partial charge in [-0.3, -0.25) is 0 Å². The summed E-state index contributed by atoms with van der Waals surface area (Å²) in [4.78, 5) is 9.48. The molecule has 0 aliphatic rings. The lowest BCUT2D eigenvalue weighted by molar-refractivity contribution is 0.270. The van der Waals surface area contributed by atoms with E-state index in [1.54, 1.807) is 51.1 Å². The highest BCUT2D eigenvalue weighted by Gasteiger charge is 2.18. The Balaban J connectivity index is 0.000000187. The minimum atomic E-state index is 0.570. The smallest absolute Gasteiger partial charge is 0.167 e. The van der Waals surface area contributed by atoms with Crippen molar-refractivity contribution in [1.29, 1.82) is 0 Å². The van der Waals surface area contributed by atoms with E-state index >= 15 is 0 Å². The zero-order valence-electron chi connectivity index (χ0n) is 52.6. The first-order valence-electron chi connectivity index (χ1n) is 30.6. The predicted molar refractivity (Wildman–Crippen MR) is 364 cm³/mol. The summed E-state index contributed by atoms with van der Waals surface area (Å²) < 4.78 is 60.3. The van der Waals surface area contributed by atoms with Crippen molar-refractivity contribution in [2.24, 2.45) is 0 Å². The van der Waals surface area contributed by atoms with Crippen LogP contribution in [-0.4, -0.2) is 75.1 Å². The second-order valence-electron chi connectivity index (χ2n) is 22.0. The fourth-order valence-corrected chi connectivity index (χ4v) is 12.4. The second-order valence-corrected chi connectivity index (χ2v) is 24.1. The lowest BCUT2D eigenvalue weighted by Gasteiger charge is -2.12. The number of hydrogen-bond acceptors (Lipinski definition) is 16. The third-order valence-electron chi connectivity index (χ3n) is 15.9. The van der Waals surface area contributed by atoms with Gasteiger partial charge in [-0.2, -0.15) is 0 Å². The first kappa shape index (κ1) is 62.9. The Morgan fingerprint density at radius 3 is 1.10 bits per heavy atom. The van der Waals surface area contributed by atoms with Gasteiger partial charge in [0.05, 0.1) is 75.3 Å². The number of unbranched alkanes of at least 4 members (excludes halogenated alkanes) is 5. The van der Waals surface area contributed by atoms with Gasteiger partial charge in [0.1, 0.15) is 44.4 Å². The Labute approximate surface area is 539 Å². The van der Waals surface area contributed by atoms with Gasteiger partial charge in [0, 0.05) is 45.5 Å². The molecule has 0 aliphatic carbocycles. The van der Waals surface area contributed by atoms with E-state index in [1.807, 2.05) is 135 Å². The molecule has 0 aliphatic heterocycles. The van der Waals surface area contributed by atoms with Crippen molar-refractivity contribution in [3.05, 3.63) is 192 Å². The number of thiazole rings is 2. The third kappa shape index (κ3) is 15.7. The average Bonchev–Trinajstić information content (AvgIpc) is 3.58. The summed E-state index contributed by atoms with van der Waals surface area (Å²) in [5, 5.41) is 10.7. The maximum atomic E-state index is 6.14. The number of fused-ring (bicyclic) bond motifs is 2. The van der Waals surface area contributed by atoms with Crippen LogP contribution < -0.4 is 37.9 Å². The fraction of sp³-hybridized carbons (Fsp3) is 0.253. The molecule has 0 amide bonds. The monoisotopic (exact) mass is 1250 g/mol. The van der Waals surface area contributed by atoms with Gasteiger partial charge in [0.2, 0.25) is 0 Å². The standard InChI is InChI=1S/C38H38N2O5S.C37H36N2O5S/c1-25-21-29(23-34(42-4)26(25)2)32-24-35(45-40-32)28-15-18-33(41-3)36(22-28)44-20-10-6-5-9-19-43-30-16-13-27(14-17-30)38-39-31-11-7-8-12-37(31)46-38;1-24-20-28(22-33(41-4)25(24)2)31-23-34(44-39-31)27-14-17-32(40-3)35(21-27)43-19-9-5-8-18-42-29-15-12-26(13-16-29)37-38-30-10-6-7-11-36(30)45-37/h7-8,11-18,21-24H,5-6,9-10,19-20H2,1-4H3;6-7,10-17,20-23H,5,8-9,18-19H2,1-4H3. The average molecular weight is 1260 g/mol. The Kier molecular flexibility index (Phi) is 20.9. The molecule has 0 radical (unpaired) electrons. The summed E-state index contributed by atoms with van der Waals surface area (Å²) in [6.07, 6.45) is 6.85. The van der Waals surface area contributed by atoms with Gasteiger partial charge in [0.25, 0.3) is 0 Å². The molecule has 466 valence electrons. The second kappa shape index (κ2) is 30.2. The van der Waals surface area contributed by atoms with Gasteiger partial charge in [-0.05, 0) is 228 Å². The summed E-state index contributed by atoms with van der Waals surface area (Å²) >= 11 is 3.41. The number of nitrogens with zero attached hydrogens (tertiary/aromatic N) is 4. The molecule has 0 atom stereocenters. The molecule has 0 N–H and O–H groups in total. The van der Waals surface area contributed by atoms with Crippen molar-refractivity contribution in [3.8, 4) is 112 Å². The number of benzene rings is 8. The lowest BCUT2D eigenvalue weighted by Crippen LogP contribution is -2.02. The van der Waals surface area contributed by atoms with Crippen molar-refractivity contribution >= 4 is 43.1 Å². The topological polar surface area (TPSA) is 152 Å². The van der Waals surface area contributed by atoms with Crippen LogP contribution in [0.1, 0.15) is 67.2 Å². The molecule has 12 rings (SSSR count). The normalized spacial score (nSPS) is 11.1. The number of hydrogen-bond donors (Lipinski definition) is 0. The van der Waals surface area contributed by atoms with E-state index in [4.69, 9.17) is 56.9 Å². The molecule has 0 bridgehead atoms. The van der Waals surface area contributed by atoms with Gasteiger partial charge in [-0.1, -0.05) is 34.6 Å². The molecule has 8 aromatic carbocycles. The van der Waals surface area contributed by atoms with Crippen LogP contribution in [0.5, 0.6) is 46.0 Å². The van der Waals surface area contributed by atoms with Crippen LogP contribution >= 0.6 is 22.7 Å². The van der Waals surface area contributed by atoms with E-state index in [9.17, 15) is 0 Å². The highest BCUT2D eigenvalue weighted by Crippen LogP contribution is 2.39. The summed E-state index contributed by atoms with van der Waals surface area (Å²) in [5.74, 6) is 7.44. The van der Waals surface area contributed by atoms with Gasteiger partial charge >= 0.3 is 0 Å². The predicted octanol–water partition coefficient (Wildman–Crippen LogP) is 19.5. The molecular weight excluding hydrogens is 1180 g/mol. The fourth-order valence-electron chi connectivity index (χ4n) is 10.4. The first-order chi connectivity index (χ1) is 44.5. The van der Waals surface area contributed by atoms with E-state index in [0.29, 0.717) is 60.9 Å². The molecular formula is C75H74N4O10S2. The van der Waals surface area contributed by atoms with Gasteiger partial charge in [0.15, 0.2) is 34.5 Å². The highest BCUT2D eigenvalue weighted by molar-refractivity contribution is 7.22. The summed E-state index contributed by atoms with van der Waals surface area (Å²) in [6, 6.07) is 56.4. The zero-order valence-corrected chi connectivity index (χ0v) is 54.3. The minimum absolute atomic E-state index is 0.570. The maximum Gasteiger partial charge on any atom is 0.167 e. The molecule has 0 unspecified atom stereocenters. The Morgan fingerprint density at radius 2 is 0.703 bits per heavy atom. The molecule has 0 fully saturated rings. The van der Waals surface area contributed by atoms with Gasteiger partial charge in [-0.15, -0.1) is 22.7 Å². The van der Waals surface area contributed by atoms with E-state index in [2.05, 4.69) is 72.7 Å². The van der Waals surface area contributed by atoms with E-state index in [0.717, 1.165) is 156 Å². The Hall–Kier alpha value is -9.64. The molecule has 4 heterocycles. The summed E-state index contributed by atoms with van der Waals surface area (Å²) in [6.45, 7) is 10.7. The number of ether oxygens (including phenoxy) is 8. The van der Waals surface area contributed by atoms with Crippen LogP contribution in [0.2, 0.25) is 0 Å². The molecule has 0 saturated carbocycles. The van der Waals surface area contributed by atoms with Crippen molar-refractivity contribution < 1.29 is 46.9 Å². The molecule has 12 aromatic rings. The molecule has 0 spiro atoms. The molecule has 0 saturated heterocycles. The summed E-state index contributed by atoms with van der Waals surface area (Å²) in [7, 11) is 6.65. The quantitative estimate of drug-likeness (QED) is 0.0449. The number of aromatic nitrogens is 4. The van der Waals surface area contributed by atoms with Gasteiger partial charge in [-0.25, -0.2) is 9.97 Å². The van der Waals surface area contributed by atoms with Crippen LogP contribution in [0, 0.1) is 27.7 Å². The SMILES string of the molecule is COc1ccc(-c2cc(-c3cc(C)c(C)c(OC)c3)no2)cc1OCCCCCCOc1ccc(-c2nc3ccccc3s2)cc1.COc1ccc(-c2cc(-c3cc(C)c(C)c(OC)c3)no2)cc1OCCCCCOc1ccc(-c2nc3ccccc3s2)cc1. The van der Waals surface area contributed by atoms with E-state index in [1.165, 1.54) is 9.40 Å². The molecule has 4 aromatic heterocycles. The van der Waals surface area contributed by atoms with Crippen LogP contribution in [0.25, 0.3) is 86.7 Å². The van der Waals surface area contributed by atoms with E-state index in [-0.39, 0.29) is 0 Å². The first-order valence-corrected chi connectivity index (χ1v) is 32.2. The number of rotatable bonds is 27. The number of aryl methyl sites for hydroxylation is 2. The van der Waals surface area contributed by atoms with Crippen LogP contribution in [0.3, 0.4) is 0 Å². The van der Waals surface area contributed by atoms with Crippen LogP contribution in [0.15, 0.2) is 179 Å². The van der Waals surface area contributed by atoms with Crippen molar-refractivity contribution in [2.75, 3.05) is 54.9 Å². The number of para-hydroxylation sites is 2. The highest BCUT2D eigenvalue weighted by atomic mass is 32.1. The molecule has 16 heteroatoms. The number of methoxy groups -OCH3 is 4. The van der Waals surface area contributed by atoms with Crippen LogP contribution in [0.4, 0.5) is 0 Å². The minimum Gasteiger partial charge on any atom is -0.496 e. The third-order valence-corrected chi connectivity index (χ3v) is 18.0. The van der Waals surface area contributed by atoms with E-state index < -0.39 is 0 Å². The van der Waals surface area contributed by atoms with Crippen molar-refractivity contribution in [1.82, 2.24) is 20.3 Å². The zero-order chi connectivity index (χ0) is 63.1. The van der Waals surface area contributed by atoms with Gasteiger partial charge < -0.3 is 46.9 Å². The van der Waals surface area contributed by atoms with Crippen molar-refractivity contribution in [2.45, 2.75) is 72.6 Å². The Morgan fingerprint density at radius 1 is 0.341 bits per heavy atom. The van der Waals surface area contributed by atoms with Crippen LogP contribution in [-0.2, 0) is 0 Å². The maximum absolute atomic E-state index is 6.14. The Bertz CT molecular complexity index is 4290. The van der Waals surface area contributed by atoms with Crippen molar-refractivity contribution in [3.63, 3.8) is 0 Å².